The van der Waals surface area contributed by atoms with Crippen molar-refractivity contribution in [2.75, 3.05) is 26.8 Å². The third-order valence-corrected chi connectivity index (χ3v) is 7.87. The number of carboxylic acids is 1. The second kappa shape index (κ2) is 8.65. The van der Waals surface area contributed by atoms with Crippen LogP contribution in [0.15, 0.2) is 36.4 Å². The molecular weight excluding hydrogens is 442 g/mol. The van der Waals surface area contributed by atoms with Gasteiger partial charge in [-0.05, 0) is 66.7 Å². The molecule has 0 bridgehead atoms. The molecule has 5 rings (SSSR count). The van der Waals surface area contributed by atoms with E-state index in [1.54, 1.807) is 6.07 Å². The number of aromatic carboxylic acids is 1. The second-order valence-corrected chi connectivity index (χ2v) is 9.82. The fourth-order valence-electron chi connectivity index (χ4n) is 5.55. The number of rotatable bonds is 5. The van der Waals surface area contributed by atoms with Crippen molar-refractivity contribution in [2.24, 2.45) is 5.41 Å². The van der Waals surface area contributed by atoms with Crippen LogP contribution in [0.2, 0.25) is 5.02 Å². The molecule has 1 saturated carbocycles. The van der Waals surface area contributed by atoms with Crippen molar-refractivity contribution in [1.82, 2.24) is 4.90 Å². The van der Waals surface area contributed by atoms with Crippen molar-refractivity contribution in [2.45, 2.75) is 44.1 Å². The van der Waals surface area contributed by atoms with Crippen molar-refractivity contribution in [3.8, 4) is 16.9 Å². The molecule has 2 saturated heterocycles. The number of amides is 1. The summed E-state index contributed by atoms with van der Waals surface area (Å²) < 4.78 is 11.0. The second-order valence-electron chi connectivity index (χ2n) is 9.41. The number of piperidine rings is 1. The van der Waals surface area contributed by atoms with E-state index in [0.717, 1.165) is 50.8 Å². The van der Waals surface area contributed by atoms with Gasteiger partial charge in [-0.15, -0.1) is 0 Å². The van der Waals surface area contributed by atoms with E-state index < -0.39 is 5.97 Å². The van der Waals surface area contributed by atoms with E-state index in [4.69, 9.17) is 21.1 Å². The Bertz CT molecular complexity index is 1070. The van der Waals surface area contributed by atoms with Gasteiger partial charge < -0.3 is 19.5 Å². The standard InChI is InChI=1S/C26H28ClNO5/c1-32-23-19(13-18(25(30)31)14-21(23)27)16-4-6-17(7-5-16)20-15-26(20)8-10-28(11-9-26)24(29)22-3-2-12-33-22/h4-7,13-14,20,22H,2-3,8-12,15H2,1H3,(H,30,31)/t20-,22+/m0/s1. The minimum Gasteiger partial charge on any atom is -0.495 e. The smallest absolute Gasteiger partial charge is 0.335 e. The monoisotopic (exact) mass is 469 g/mol. The van der Waals surface area contributed by atoms with E-state index in [9.17, 15) is 14.7 Å². The topological polar surface area (TPSA) is 76.1 Å². The minimum absolute atomic E-state index is 0.130. The highest BCUT2D eigenvalue weighted by molar-refractivity contribution is 6.33. The Morgan fingerprint density at radius 3 is 2.52 bits per heavy atom. The van der Waals surface area contributed by atoms with Gasteiger partial charge in [0.2, 0.25) is 0 Å². The fourth-order valence-corrected chi connectivity index (χ4v) is 5.85. The lowest BCUT2D eigenvalue weighted by Gasteiger charge is -2.34. The summed E-state index contributed by atoms with van der Waals surface area (Å²) in [5, 5.41) is 9.67. The van der Waals surface area contributed by atoms with Crippen molar-refractivity contribution < 1.29 is 24.2 Å². The first-order valence-electron chi connectivity index (χ1n) is 11.5. The van der Waals surface area contributed by atoms with E-state index in [-0.39, 0.29) is 22.6 Å². The third kappa shape index (κ3) is 4.11. The van der Waals surface area contributed by atoms with Crippen LogP contribution in [0.1, 0.15) is 53.9 Å². The van der Waals surface area contributed by atoms with Crippen molar-refractivity contribution in [3.63, 3.8) is 0 Å². The Hall–Kier alpha value is -2.57. The highest BCUT2D eigenvalue weighted by Crippen LogP contribution is 2.65. The van der Waals surface area contributed by atoms with Crippen molar-refractivity contribution in [3.05, 3.63) is 52.5 Å². The first-order chi connectivity index (χ1) is 15.9. The van der Waals surface area contributed by atoms with Gasteiger partial charge in [-0.1, -0.05) is 35.9 Å². The maximum atomic E-state index is 12.6. The van der Waals surface area contributed by atoms with Crippen LogP contribution in [0, 0.1) is 5.41 Å². The van der Waals surface area contributed by atoms with E-state index in [1.165, 1.54) is 18.7 Å². The summed E-state index contributed by atoms with van der Waals surface area (Å²) in [6.45, 7) is 2.32. The van der Waals surface area contributed by atoms with Gasteiger partial charge in [0.05, 0.1) is 17.7 Å². The van der Waals surface area contributed by atoms with E-state index in [2.05, 4.69) is 12.1 Å². The summed E-state index contributed by atoms with van der Waals surface area (Å²) >= 11 is 6.27. The van der Waals surface area contributed by atoms with Crippen LogP contribution in [0.3, 0.4) is 0 Å². The number of likely N-dealkylation sites (tertiary alicyclic amines) is 1. The van der Waals surface area contributed by atoms with Crippen LogP contribution >= 0.6 is 11.6 Å². The molecule has 6 nitrogen and oxygen atoms in total. The number of carbonyl (C=O) groups is 2. The van der Waals surface area contributed by atoms with Gasteiger partial charge in [0.25, 0.3) is 5.91 Å². The molecule has 0 radical (unpaired) electrons. The van der Waals surface area contributed by atoms with Crippen LogP contribution in [0.25, 0.3) is 11.1 Å². The fraction of sp³-hybridized carbons (Fsp3) is 0.462. The maximum Gasteiger partial charge on any atom is 0.335 e. The lowest BCUT2D eigenvalue weighted by molar-refractivity contribution is -0.142. The lowest BCUT2D eigenvalue weighted by Crippen LogP contribution is -2.44. The molecule has 33 heavy (non-hydrogen) atoms. The van der Waals surface area contributed by atoms with Crippen LogP contribution in [0.5, 0.6) is 5.75 Å². The Morgan fingerprint density at radius 2 is 1.91 bits per heavy atom. The minimum atomic E-state index is -1.03. The largest absolute Gasteiger partial charge is 0.495 e. The third-order valence-electron chi connectivity index (χ3n) is 7.58. The highest BCUT2D eigenvalue weighted by Gasteiger charge is 2.55. The van der Waals surface area contributed by atoms with Gasteiger partial charge in [-0.3, -0.25) is 4.79 Å². The molecule has 0 aromatic heterocycles. The molecule has 174 valence electrons. The molecule has 0 unspecified atom stereocenters. The van der Waals surface area contributed by atoms with Gasteiger partial charge in [0.15, 0.2) is 0 Å². The van der Waals surface area contributed by atoms with Crippen molar-refractivity contribution >= 4 is 23.5 Å². The zero-order chi connectivity index (χ0) is 23.2. The molecule has 2 aromatic rings. The van der Waals surface area contributed by atoms with Gasteiger partial charge in [-0.25, -0.2) is 4.79 Å². The molecule has 1 amide bonds. The molecule has 7 heteroatoms. The first kappa shape index (κ1) is 22.2. The van der Waals surface area contributed by atoms with Gasteiger partial charge >= 0.3 is 5.97 Å². The molecule has 2 heterocycles. The Labute approximate surface area is 198 Å². The van der Waals surface area contributed by atoms with Gasteiger partial charge in [0.1, 0.15) is 11.9 Å². The number of methoxy groups -OCH3 is 1. The molecule has 3 fully saturated rings. The summed E-state index contributed by atoms with van der Waals surface area (Å²) in [6, 6.07) is 11.3. The summed E-state index contributed by atoms with van der Waals surface area (Å²) in [7, 11) is 1.53. The molecular formula is C26H28ClNO5. The molecule has 2 aromatic carbocycles. The zero-order valence-electron chi connectivity index (χ0n) is 18.7. The Kier molecular flexibility index (Phi) is 5.83. The zero-order valence-corrected chi connectivity index (χ0v) is 19.4. The first-order valence-corrected chi connectivity index (χ1v) is 11.9. The number of carbonyl (C=O) groups excluding carboxylic acids is 1. The summed E-state index contributed by atoms with van der Waals surface area (Å²) in [6.07, 6.45) is 4.81. The van der Waals surface area contributed by atoms with Crippen LogP contribution in [-0.4, -0.2) is 54.8 Å². The van der Waals surface area contributed by atoms with Gasteiger partial charge in [0, 0.05) is 25.3 Å². The molecule has 3 aliphatic rings. The van der Waals surface area contributed by atoms with E-state index in [1.807, 2.05) is 17.0 Å². The van der Waals surface area contributed by atoms with Crippen LogP contribution in [0.4, 0.5) is 0 Å². The predicted molar refractivity (Wildman–Crippen MR) is 125 cm³/mol. The van der Waals surface area contributed by atoms with E-state index in [0.29, 0.717) is 29.3 Å². The number of halogens is 1. The quantitative estimate of drug-likeness (QED) is 0.667. The summed E-state index contributed by atoms with van der Waals surface area (Å²) in [5.74, 6) is 0.115. The average molecular weight is 470 g/mol. The summed E-state index contributed by atoms with van der Waals surface area (Å²) in [5.41, 5.74) is 3.24. The number of carboxylic acid groups (broad SMARTS) is 1. The lowest BCUT2D eigenvalue weighted by atomic mass is 9.88. The molecule has 1 aliphatic carbocycles. The number of benzene rings is 2. The van der Waals surface area contributed by atoms with Crippen LogP contribution in [-0.2, 0) is 9.53 Å². The van der Waals surface area contributed by atoms with Gasteiger partial charge in [-0.2, -0.15) is 0 Å². The van der Waals surface area contributed by atoms with Crippen LogP contribution < -0.4 is 4.74 Å². The number of hydrogen-bond donors (Lipinski definition) is 1. The average Bonchev–Trinajstić information content (AvgIpc) is 3.24. The normalized spacial score (nSPS) is 23.5. The summed E-state index contributed by atoms with van der Waals surface area (Å²) in [4.78, 5) is 26.1. The van der Waals surface area contributed by atoms with Crippen molar-refractivity contribution in [1.29, 1.82) is 0 Å². The molecule has 1 N–H and O–H groups in total. The Morgan fingerprint density at radius 1 is 1.18 bits per heavy atom. The van der Waals surface area contributed by atoms with E-state index >= 15 is 0 Å². The number of ether oxygens (including phenoxy) is 2. The SMILES string of the molecule is COc1c(Cl)cc(C(=O)O)cc1-c1ccc([C@@H]2CC23CCN(C(=O)[C@H]2CCCO2)CC3)cc1. The molecule has 1 spiro atoms. The number of nitrogens with zero attached hydrogens (tertiary/aromatic N) is 1. The number of hydrogen-bond acceptors (Lipinski definition) is 4. The molecule has 2 atom stereocenters. The maximum absolute atomic E-state index is 12.6. The predicted octanol–water partition coefficient (Wildman–Crippen LogP) is 4.99. The molecule has 2 aliphatic heterocycles. The Balaban J connectivity index is 1.28. The highest BCUT2D eigenvalue weighted by atomic mass is 35.5.